The van der Waals surface area contributed by atoms with Gasteiger partial charge in [0.1, 0.15) is 5.82 Å². The van der Waals surface area contributed by atoms with E-state index in [1.54, 1.807) is 0 Å². The number of hydrogen-bond donors (Lipinski definition) is 1. The Hall–Kier alpha value is -1.68. The summed E-state index contributed by atoms with van der Waals surface area (Å²) < 4.78 is 77.0. The Morgan fingerprint density at radius 3 is 2.52 bits per heavy atom. The molecule has 0 aromatic heterocycles. The van der Waals surface area contributed by atoms with Gasteiger partial charge in [0.05, 0.1) is 16.4 Å². The predicted octanol–water partition coefficient (Wildman–Crippen LogP) is 2.33. The van der Waals surface area contributed by atoms with Crippen LogP contribution in [0.5, 0.6) is 0 Å². The highest BCUT2D eigenvalue weighted by Crippen LogP contribution is 2.34. The number of alkyl halides is 3. The van der Waals surface area contributed by atoms with Gasteiger partial charge in [0, 0.05) is 13.1 Å². The first-order valence-electron chi connectivity index (χ1n) is 6.63. The molecule has 1 unspecified atom stereocenters. The standard InChI is InChI=1S/C13H13F4NO4S/c14-11-4-3-9(6-10(11)13(15,16)17)23(21,22)18-5-1-2-8(7-18)12(19)20/h3-4,6,8H,1-2,5,7H2,(H,19,20). The number of carbonyl (C=O) groups is 1. The van der Waals surface area contributed by atoms with E-state index in [-0.39, 0.29) is 25.6 Å². The molecule has 0 aliphatic carbocycles. The van der Waals surface area contributed by atoms with Crippen LogP contribution in [0.15, 0.2) is 23.1 Å². The number of sulfonamides is 1. The maximum atomic E-state index is 13.3. The van der Waals surface area contributed by atoms with E-state index in [0.29, 0.717) is 12.5 Å². The molecule has 0 radical (unpaired) electrons. The van der Waals surface area contributed by atoms with Gasteiger partial charge in [-0.2, -0.15) is 17.5 Å². The molecule has 1 aliphatic rings. The SMILES string of the molecule is O=C(O)C1CCCN(S(=O)(=O)c2ccc(F)c(C(F)(F)F)c2)C1. The molecule has 0 amide bonds. The third-order valence-corrected chi connectivity index (χ3v) is 5.48. The minimum atomic E-state index is -5.03. The number of carboxylic acid groups (broad SMARTS) is 1. The van der Waals surface area contributed by atoms with E-state index in [9.17, 15) is 30.8 Å². The normalized spacial score (nSPS) is 20.4. The van der Waals surface area contributed by atoms with Gasteiger partial charge in [-0.3, -0.25) is 4.79 Å². The Balaban J connectivity index is 2.38. The van der Waals surface area contributed by atoms with Crippen molar-refractivity contribution in [2.75, 3.05) is 13.1 Å². The average molecular weight is 355 g/mol. The number of benzene rings is 1. The van der Waals surface area contributed by atoms with Crippen molar-refractivity contribution in [2.45, 2.75) is 23.9 Å². The van der Waals surface area contributed by atoms with Crippen molar-refractivity contribution in [3.63, 3.8) is 0 Å². The average Bonchev–Trinajstić information content (AvgIpc) is 2.46. The van der Waals surface area contributed by atoms with Gasteiger partial charge in [-0.05, 0) is 31.0 Å². The topological polar surface area (TPSA) is 74.7 Å². The number of rotatable bonds is 3. The van der Waals surface area contributed by atoms with Gasteiger partial charge in [0.15, 0.2) is 0 Å². The molecule has 1 saturated heterocycles. The van der Waals surface area contributed by atoms with E-state index >= 15 is 0 Å². The molecular weight excluding hydrogens is 342 g/mol. The first kappa shape index (κ1) is 17.7. The Kier molecular flexibility index (Phi) is 4.67. The summed E-state index contributed by atoms with van der Waals surface area (Å²) in [6.45, 7) is -0.318. The molecule has 128 valence electrons. The van der Waals surface area contributed by atoms with Gasteiger partial charge in [-0.25, -0.2) is 12.8 Å². The summed E-state index contributed by atoms with van der Waals surface area (Å²) in [6, 6.07) is 1.41. The van der Waals surface area contributed by atoms with Crippen molar-refractivity contribution in [3.05, 3.63) is 29.6 Å². The Labute approximate surface area is 129 Å². The van der Waals surface area contributed by atoms with Crippen LogP contribution in [0.4, 0.5) is 17.6 Å². The summed E-state index contributed by atoms with van der Waals surface area (Å²) in [7, 11) is -4.32. The monoisotopic (exact) mass is 355 g/mol. The van der Waals surface area contributed by atoms with Gasteiger partial charge < -0.3 is 5.11 Å². The molecule has 23 heavy (non-hydrogen) atoms. The molecule has 2 rings (SSSR count). The highest BCUT2D eigenvalue weighted by molar-refractivity contribution is 7.89. The summed E-state index contributed by atoms with van der Waals surface area (Å²) in [5, 5.41) is 8.96. The molecule has 0 saturated carbocycles. The lowest BCUT2D eigenvalue weighted by atomic mass is 10.0. The lowest BCUT2D eigenvalue weighted by Crippen LogP contribution is -2.42. The Morgan fingerprint density at radius 2 is 1.96 bits per heavy atom. The van der Waals surface area contributed by atoms with Crippen LogP contribution >= 0.6 is 0 Å². The summed E-state index contributed by atoms with van der Waals surface area (Å²) in [5.41, 5.74) is -1.68. The van der Waals surface area contributed by atoms with Crippen LogP contribution in [0.3, 0.4) is 0 Å². The number of hydrogen-bond acceptors (Lipinski definition) is 3. The van der Waals surface area contributed by atoms with E-state index in [2.05, 4.69) is 0 Å². The highest BCUT2D eigenvalue weighted by Gasteiger charge is 2.37. The molecule has 0 spiro atoms. The first-order valence-corrected chi connectivity index (χ1v) is 8.07. The maximum absolute atomic E-state index is 13.3. The molecule has 1 fully saturated rings. The van der Waals surface area contributed by atoms with E-state index < -0.39 is 44.4 Å². The van der Waals surface area contributed by atoms with Crippen molar-refractivity contribution in [2.24, 2.45) is 5.92 Å². The lowest BCUT2D eigenvalue weighted by molar-refractivity contribution is -0.143. The molecule has 1 aliphatic heterocycles. The van der Waals surface area contributed by atoms with Crippen molar-refractivity contribution in [3.8, 4) is 0 Å². The number of carboxylic acids is 1. The quantitative estimate of drug-likeness (QED) is 0.845. The fourth-order valence-corrected chi connectivity index (χ4v) is 3.94. The van der Waals surface area contributed by atoms with Crippen molar-refractivity contribution < 1.29 is 35.9 Å². The third-order valence-electron chi connectivity index (χ3n) is 3.61. The largest absolute Gasteiger partial charge is 0.481 e. The molecule has 5 nitrogen and oxygen atoms in total. The third kappa shape index (κ3) is 3.63. The fraction of sp³-hybridized carbons (Fsp3) is 0.462. The van der Waals surface area contributed by atoms with E-state index in [1.807, 2.05) is 0 Å². The zero-order valence-corrected chi connectivity index (χ0v) is 12.5. The molecule has 0 bridgehead atoms. The smallest absolute Gasteiger partial charge is 0.419 e. The number of aliphatic carboxylic acids is 1. The Bertz CT molecular complexity index is 717. The van der Waals surface area contributed by atoms with Crippen LogP contribution in [0.2, 0.25) is 0 Å². The van der Waals surface area contributed by atoms with Crippen molar-refractivity contribution in [1.82, 2.24) is 4.31 Å². The second-order valence-corrected chi connectivity index (χ2v) is 7.12. The van der Waals surface area contributed by atoms with E-state index in [0.717, 1.165) is 10.4 Å². The van der Waals surface area contributed by atoms with E-state index in [4.69, 9.17) is 5.11 Å². The zero-order valence-electron chi connectivity index (χ0n) is 11.7. The number of piperidine rings is 1. The van der Waals surface area contributed by atoms with Gasteiger partial charge in [0.25, 0.3) is 0 Å². The fourth-order valence-electron chi connectivity index (χ4n) is 2.39. The van der Waals surface area contributed by atoms with Crippen LogP contribution in [-0.4, -0.2) is 36.9 Å². The summed E-state index contributed by atoms with van der Waals surface area (Å²) in [6.07, 6.45) is -4.46. The van der Waals surface area contributed by atoms with Crippen molar-refractivity contribution in [1.29, 1.82) is 0 Å². The predicted molar refractivity (Wildman–Crippen MR) is 70.5 cm³/mol. The lowest BCUT2D eigenvalue weighted by Gasteiger charge is -2.30. The summed E-state index contributed by atoms with van der Waals surface area (Å²) in [5.74, 6) is -3.65. The molecule has 1 atom stereocenters. The van der Waals surface area contributed by atoms with Gasteiger partial charge in [-0.15, -0.1) is 0 Å². The maximum Gasteiger partial charge on any atom is 0.419 e. The second-order valence-electron chi connectivity index (χ2n) is 5.18. The Morgan fingerprint density at radius 1 is 1.30 bits per heavy atom. The molecular formula is C13H13F4NO4S. The molecule has 10 heteroatoms. The van der Waals surface area contributed by atoms with Crippen LogP contribution in [-0.2, 0) is 21.0 Å². The summed E-state index contributed by atoms with van der Waals surface area (Å²) in [4.78, 5) is 10.3. The molecule has 1 aromatic carbocycles. The van der Waals surface area contributed by atoms with Crippen LogP contribution in [0.1, 0.15) is 18.4 Å². The van der Waals surface area contributed by atoms with E-state index in [1.165, 1.54) is 0 Å². The second kappa shape index (κ2) is 6.08. The number of nitrogens with zero attached hydrogens (tertiary/aromatic N) is 1. The zero-order chi connectivity index (χ0) is 17.4. The van der Waals surface area contributed by atoms with Gasteiger partial charge >= 0.3 is 12.1 Å². The highest BCUT2D eigenvalue weighted by atomic mass is 32.2. The van der Waals surface area contributed by atoms with Crippen LogP contribution < -0.4 is 0 Å². The molecule has 1 heterocycles. The van der Waals surface area contributed by atoms with Crippen molar-refractivity contribution >= 4 is 16.0 Å². The first-order chi connectivity index (χ1) is 10.5. The minimum absolute atomic E-state index is 0.00480. The minimum Gasteiger partial charge on any atom is -0.481 e. The van der Waals surface area contributed by atoms with Crippen LogP contribution in [0, 0.1) is 11.7 Å². The summed E-state index contributed by atoms with van der Waals surface area (Å²) >= 11 is 0. The molecule has 1 N–H and O–H groups in total. The van der Waals surface area contributed by atoms with Gasteiger partial charge in [0.2, 0.25) is 10.0 Å². The van der Waals surface area contributed by atoms with Crippen LogP contribution in [0.25, 0.3) is 0 Å². The van der Waals surface area contributed by atoms with Gasteiger partial charge in [-0.1, -0.05) is 0 Å². The number of halogens is 4. The molecule has 1 aromatic rings.